The van der Waals surface area contributed by atoms with Crippen molar-refractivity contribution in [2.75, 3.05) is 7.11 Å². The maximum Gasteiger partial charge on any atom is 0.303 e. The Morgan fingerprint density at radius 1 is 1.23 bits per heavy atom. The molecule has 5 nitrogen and oxygen atoms in total. The molecule has 0 saturated carbocycles. The molecule has 3 aromatic rings. The van der Waals surface area contributed by atoms with Crippen LogP contribution in [0.1, 0.15) is 22.4 Å². The van der Waals surface area contributed by atoms with Crippen LogP contribution in [0, 0.1) is 11.6 Å². The fourth-order valence-corrected chi connectivity index (χ4v) is 3.85. The maximum atomic E-state index is 14.4. The predicted molar refractivity (Wildman–Crippen MR) is 111 cm³/mol. The predicted octanol–water partition coefficient (Wildman–Crippen LogP) is 5.82. The van der Waals surface area contributed by atoms with E-state index in [-0.39, 0.29) is 29.9 Å². The highest BCUT2D eigenvalue weighted by molar-refractivity contribution is 7.06. The lowest BCUT2D eigenvalue weighted by Gasteiger charge is -2.12. The van der Waals surface area contributed by atoms with Gasteiger partial charge in [-0.2, -0.15) is 4.37 Å². The molecule has 31 heavy (non-hydrogen) atoms. The van der Waals surface area contributed by atoms with Crippen molar-refractivity contribution in [1.82, 2.24) is 4.37 Å². The number of aromatic nitrogens is 1. The molecule has 1 aromatic heterocycles. The fraction of sp³-hybridized carbons (Fsp3) is 0.238. The Morgan fingerprint density at radius 3 is 2.55 bits per heavy atom. The quantitative estimate of drug-likeness (QED) is 0.426. The first-order valence-corrected chi connectivity index (χ1v) is 10.2. The molecule has 2 aromatic carbocycles. The number of alkyl halides is 1. The van der Waals surface area contributed by atoms with E-state index in [9.17, 15) is 18.0 Å². The minimum absolute atomic E-state index is 0.0214. The minimum atomic E-state index is -1.07. The number of methoxy groups -OCH3 is 1. The van der Waals surface area contributed by atoms with Gasteiger partial charge in [-0.15, -0.1) is 0 Å². The van der Waals surface area contributed by atoms with Crippen molar-refractivity contribution in [3.63, 3.8) is 0 Å². The van der Waals surface area contributed by atoms with Gasteiger partial charge in [-0.1, -0.05) is 17.7 Å². The second-order valence-electron chi connectivity index (χ2n) is 6.49. The van der Waals surface area contributed by atoms with Crippen molar-refractivity contribution in [1.29, 1.82) is 0 Å². The van der Waals surface area contributed by atoms with E-state index in [2.05, 4.69) is 4.37 Å². The number of hydrogen-bond acceptors (Lipinski definition) is 5. The third-order valence-corrected chi connectivity index (χ3v) is 5.62. The van der Waals surface area contributed by atoms with Crippen LogP contribution in [-0.2, 0) is 24.5 Å². The highest BCUT2D eigenvalue weighted by atomic mass is 35.5. The third kappa shape index (κ3) is 5.29. The van der Waals surface area contributed by atoms with E-state index in [0.717, 1.165) is 23.7 Å². The van der Waals surface area contributed by atoms with Gasteiger partial charge in [0.1, 0.15) is 19.0 Å². The summed E-state index contributed by atoms with van der Waals surface area (Å²) in [5.74, 6) is -3.25. The van der Waals surface area contributed by atoms with Gasteiger partial charge >= 0.3 is 5.97 Å². The van der Waals surface area contributed by atoms with Crippen LogP contribution in [0.15, 0.2) is 30.3 Å². The lowest BCUT2D eigenvalue weighted by molar-refractivity contribution is -0.136. The van der Waals surface area contributed by atoms with Gasteiger partial charge in [0, 0.05) is 17.5 Å². The second-order valence-corrected chi connectivity index (χ2v) is 7.75. The highest BCUT2D eigenvalue weighted by Crippen LogP contribution is 2.35. The first-order valence-electron chi connectivity index (χ1n) is 9.03. The highest BCUT2D eigenvalue weighted by Gasteiger charge is 2.20. The van der Waals surface area contributed by atoms with E-state index in [4.69, 9.17) is 26.2 Å². The Bertz CT molecular complexity index is 1080. The molecule has 0 radical (unpaired) electrons. The zero-order chi connectivity index (χ0) is 22.5. The summed E-state index contributed by atoms with van der Waals surface area (Å²) in [7, 11) is 1.45. The fourth-order valence-electron chi connectivity index (χ4n) is 2.92. The number of aliphatic carboxylic acids is 1. The lowest BCUT2D eigenvalue weighted by atomic mass is 10.1. The summed E-state index contributed by atoms with van der Waals surface area (Å²) in [6.45, 7) is -1.14. The van der Waals surface area contributed by atoms with Crippen molar-refractivity contribution in [3.05, 3.63) is 63.0 Å². The van der Waals surface area contributed by atoms with Crippen LogP contribution in [0.3, 0.4) is 0 Å². The topological polar surface area (TPSA) is 68.7 Å². The molecule has 0 aliphatic heterocycles. The van der Waals surface area contributed by atoms with Gasteiger partial charge in [-0.25, -0.2) is 13.2 Å². The van der Waals surface area contributed by atoms with E-state index in [1.807, 2.05) is 0 Å². The maximum absolute atomic E-state index is 14.4. The third-order valence-electron chi connectivity index (χ3n) is 4.46. The van der Waals surface area contributed by atoms with Crippen molar-refractivity contribution in [2.45, 2.75) is 26.1 Å². The number of aryl methyl sites for hydroxylation is 1. The van der Waals surface area contributed by atoms with Crippen LogP contribution in [0.25, 0.3) is 11.3 Å². The Labute approximate surface area is 185 Å². The zero-order valence-corrected chi connectivity index (χ0v) is 17.8. The monoisotopic (exact) mass is 471 g/mol. The first-order chi connectivity index (χ1) is 14.8. The molecule has 0 bridgehead atoms. The van der Waals surface area contributed by atoms with Gasteiger partial charge in [0.25, 0.3) is 0 Å². The summed E-state index contributed by atoms with van der Waals surface area (Å²) in [4.78, 5) is 10.9. The van der Waals surface area contributed by atoms with Crippen LogP contribution in [0.5, 0.6) is 11.5 Å². The number of ether oxygens (including phenoxy) is 2. The van der Waals surface area contributed by atoms with Gasteiger partial charge in [0.15, 0.2) is 17.4 Å². The summed E-state index contributed by atoms with van der Waals surface area (Å²) in [5.41, 5.74) is 1.53. The molecule has 10 heteroatoms. The van der Waals surface area contributed by atoms with Gasteiger partial charge < -0.3 is 14.6 Å². The molecule has 0 spiro atoms. The number of carboxylic acids is 1. The summed E-state index contributed by atoms with van der Waals surface area (Å²) < 4.78 is 57.0. The largest absolute Gasteiger partial charge is 0.495 e. The Kier molecular flexibility index (Phi) is 7.40. The molecule has 0 aliphatic carbocycles. The van der Waals surface area contributed by atoms with E-state index in [0.29, 0.717) is 27.6 Å². The van der Waals surface area contributed by atoms with E-state index >= 15 is 0 Å². The van der Waals surface area contributed by atoms with Gasteiger partial charge in [-0.3, -0.25) is 4.79 Å². The number of hydrogen-bond donors (Lipinski definition) is 1. The zero-order valence-electron chi connectivity index (χ0n) is 16.3. The van der Waals surface area contributed by atoms with Crippen molar-refractivity contribution < 1.29 is 32.5 Å². The molecular weight excluding hydrogens is 455 g/mol. The van der Waals surface area contributed by atoms with Gasteiger partial charge in [0.2, 0.25) is 0 Å². The minimum Gasteiger partial charge on any atom is -0.495 e. The number of carboxylic acid groups (broad SMARTS) is 1. The number of nitrogens with zero attached hydrogens (tertiary/aromatic N) is 1. The van der Waals surface area contributed by atoms with Crippen molar-refractivity contribution in [3.8, 4) is 22.8 Å². The Hall–Kier alpha value is -2.78. The molecule has 3 rings (SSSR count). The molecule has 164 valence electrons. The molecule has 0 saturated heterocycles. The molecule has 0 amide bonds. The number of benzene rings is 2. The van der Waals surface area contributed by atoms with Crippen molar-refractivity contribution in [2.24, 2.45) is 0 Å². The number of halogens is 4. The lowest BCUT2D eigenvalue weighted by Crippen LogP contribution is -2.04. The smallest absolute Gasteiger partial charge is 0.303 e. The van der Waals surface area contributed by atoms with Crippen LogP contribution < -0.4 is 9.47 Å². The summed E-state index contributed by atoms with van der Waals surface area (Å²) in [6, 6.07) is 6.94. The number of rotatable bonds is 9. The standard InChI is InChI=1S/C21H17ClF3NO4S/c1-29-17-8-12(3-4-14(17)22)20-13(18(9-23)31-26-20)10-30-21-15(24)6-11(7-16(21)25)2-5-19(27)28/h3-4,6-8H,2,5,9-10H2,1H3,(H,27,28). The summed E-state index contributed by atoms with van der Waals surface area (Å²) >= 11 is 6.96. The average molecular weight is 472 g/mol. The molecular formula is C21H17ClF3NO4S. The SMILES string of the molecule is COc1cc(-c2nsc(CF)c2COc2c(F)cc(CCC(=O)O)cc2F)ccc1Cl. The molecule has 1 N–H and O–H groups in total. The van der Waals surface area contributed by atoms with Crippen LogP contribution in [0.4, 0.5) is 13.2 Å². The van der Waals surface area contributed by atoms with Crippen LogP contribution in [0.2, 0.25) is 5.02 Å². The molecule has 0 aliphatic rings. The second kappa shape index (κ2) is 10.0. The van der Waals surface area contributed by atoms with Gasteiger partial charge in [0.05, 0.1) is 22.7 Å². The average Bonchev–Trinajstić information content (AvgIpc) is 3.15. The molecule has 0 atom stereocenters. The Morgan fingerprint density at radius 2 is 1.94 bits per heavy atom. The van der Waals surface area contributed by atoms with Gasteiger partial charge in [-0.05, 0) is 47.8 Å². The van der Waals surface area contributed by atoms with E-state index in [1.165, 1.54) is 7.11 Å². The van der Waals surface area contributed by atoms with Crippen LogP contribution in [-0.4, -0.2) is 22.6 Å². The molecule has 0 fully saturated rings. The van der Waals surface area contributed by atoms with Crippen LogP contribution >= 0.6 is 23.1 Å². The normalized spacial score (nSPS) is 10.9. The van der Waals surface area contributed by atoms with E-state index < -0.39 is 30.0 Å². The number of carbonyl (C=O) groups is 1. The summed E-state index contributed by atoms with van der Waals surface area (Å²) in [5, 5.41) is 9.10. The van der Waals surface area contributed by atoms with Crippen molar-refractivity contribution >= 4 is 29.1 Å². The Balaban J connectivity index is 1.87. The molecule has 1 heterocycles. The van der Waals surface area contributed by atoms with E-state index in [1.54, 1.807) is 18.2 Å². The summed E-state index contributed by atoms with van der Waals surface area (Å²) in [6.07, 6.45) is -0.278. The first kappa shape index (κ1) is 22.9. The molecule has 0 unspecified atom stereocenters.